The van der Waals surface area contributed by atoms with Crippen molar-refractivity contribution in [2.24, 2.45) is 0 Å². The molecule has 2 heteroatoms. The third-order valence-electron chi connectivity index (χ3n) is 3.99. The van der Waals surface area contributed by atoms with Crippen molar-refractivity contribution in [3.8, 4) is 0 Å². The number of hydrogen-bond acceptors (Lipinski definition) is 2. The lowest BCUT2D eigenvalue weighted by atomic mass is 9.85. The van der Waals surface area contributed by atoms with E-state index < -0.39 is 0 Å². The number of carbonyl (C=O) groups is 1. The van der Waals surface area contributed by atoms with Crippen LogP contribution >= 0.6 is 0 Å². The largest absolute Gasteiger partial charge is 0.379 e. The SMILES string of the molecule is Cc1cccc(C(=O)C=C2NC(C)(C)Cc3ccccc32)c1. The van der Waals surface area contributed by atoms with Crippen LogP contribution in [0.3, 0.4) is 0 Å². The highest BCUT2D eigenvalue weighted by Gasteiger charge is 2.27. The molecule has 3 rings (SSSR count). The molecule has 2 nitrogen and oxygen atoms in total. The Morgan fingerprint density at radius 3 is 2.68 bits per heavy atom. The Hall–Kier alpha value is -2.35. The van der Waals surface area contributed by atoms with E-state index in [9.17, 15) is 4.79 Å². The maximum atomic E-state index is 12.6. The molecule has 0 saturated heterocycles. The zero-order chi connectivity index (χ0) is 15.7. The van der Waals surface area contributed by atoms with E-state index in [0.29, 0.717) is 0 Å². The smallest absolute Gasteiger partial charge is 0.187 e. The van der Waals surface area contributed by atoms with Crippen LogP contribution in [0.25, 0.3) is 5.70 Å². The van der Waals surface area contributed by atoms with Crippen LogP contribution in [0.1, 0.15) is 40.9 Å². The van der Waals surface area contributed by atoms with Gasteiger partial charge < -0.3 is 5.32 Å². The first kappa shape index (κ1) is 14.6. The molecule has 1 heterocycles. The summed E-state index contributed by atoms with van der Waals surface area (Å²) in [5.74, 6) is 0.0405. The van der Waals surface area contributed by atoms with E-state index >= 15 is 0 Å². The van der Waals surface area contributed by atoms with Gasteiger partial charge in [0.25, 0.3) is 0 Å². The Morgan fingerprint density at radius 1 is 1.14 bits per heavy atom. The first-order valence-corrected chi connectivity index (χ1v) is 7.64. The summed E-state index contributed by atoms with van der Waals surface area (Å²) in [5.41, 5.74) is 5.11. The number of hydrogen-bond donors (Lipinski definition) is 1. The number of carbonyl (C=O) groups excluding carboxylic acids is 1. The van der Waals surface area contributed by atoms with Gasteiger partial charge in [-0.2, -0.15) is 0 Å². The van der Waals surface area contributed by atoms with Gasteiger partial charge in [-0.05, 0) is 38.8 Å². The lowest BCUT2D eigenvalue weighted by Crippen LogP contribution is -2.43. The molecular weight excluding hydrogens is 270 g/mol. The summed E-state index contributed by atoms with van der Waals surface area (Å²) in [6.45, 7) is 6.32. The van der Waals surface area contributed by atoms with Crippen LogP contribution < -0.4 is 5.32 Å². The van der Waals surface area contributed by atoms with E-state index in [0.717, 1.165) is 28.8 Å². The van der Waals surface area contributed by atoms with Crippen molar-refractivity contribution in [2.45, 2.75) is 32.7 Å². The monoisotopic (exact) mass is 291 g/mol. The number of ketones is 1. The van der Waals surface area contributed by atoms with Gasteiger partial charge >= 0.3 is 0 Å². The van der Waals surface area contributed by atoms with E-state index in [1.54, 1.807) is 6.08 Å². The molecule has 0 saturated carbocycles. The molecule has 2 aromatic rings. The molecule has 0 bridgehead atoms. The summed E-state index contributed by atoms with van der Waals surface area (Å²) >= 11 is 0. The Bertz CT molecular complexity index is 756. The fourth-order valence-electron chi connectivity index (χ4n) is 3.02. The number of benzene rings is 2. The molecule has 0 unspecified atom stereocenters. The van der Waals surface area contributed by atoms with Crippen LogP contribution in [-0.4, -0.2) is 11.3 Å². The fraction of sp³-hybridized carbons (Fsp3) is 0.250. The summed E-state index contributed by atoms with van der Waals surface area (Å²) < 4.78 is 0. The van der Waals surface area contributed by atoms with Crippen molar-refractivity contribution >= 4 is 11.5 Å². The predicted octanol–water partition coefficient (Wildman–Crippen LogP) is 4.14. The quantitative estimate of drug-likeness (QED) is 0.665. The number of nitrogens with one attached hydrogen (secondary N) is 1. The number of allylic oxidation sites excluding steroid dienone is 1. The lowest BCUT2D eigenvalue weighted by Gasteiger charge is -2.35. The zero-order valence-corrected chi connectivity index (χ0v) is 13.3. The Labute approximate surface area is 131 Å². The van der Waals surface area contributed by atoms with E-state index in [2.05, 4.69) is 37.4 Å². The van der Waals surface area contributed by atoms with Crippen LogP contribution in [-0.2, 0) is 6.42 Å². The Balaban J connectivity index is 2.01. The highest BCUT2D eigenvalue weighted by atomic mass is 16.1. The zero-order valence-electron chi connectivity index (χ0n) is 13.3. The van der Waals surface area contributed by atoms with Crippen LogP contribution in [0.4, 0.5) is 0 Å². The molecule has 0 spiro atoms. The van der Waals surface area contributed by atoms with Gasteiger partial charge in [-0.15, -0.1) is 0 Å². The van der Waals surface area contributed by atoms with Crippen LogP contribution in [0.15, 0.2) is 54.6 Å². The summed E-state index contributed by atoms with van der Waals surface area (Å²) in [4.78, 5) is 12.6. The number of fused-ring (bicyclic) bond motifs is 1. The van der Waals surface area contributed by atoms with E-state index in [-0.39, 0.29) is 11.3 Å². The molecule has 0 radical (unpaired) electrons. The van der Waals surface area contributed by atoms with Crippen molar-refractivity contribution in [1.82, 2.24) is 5.32 Å². The van der Waals surface area contributed by atoms with Gasteiger partial charge in [-0.1, -0.05) is 48.0 Å². The number of rotatable bonds is 2. The molecular formula is C20H21NO. The average molecular weight is 291 g/mol. The molecule has 1 aliphatic rings. The van der Waals surface area contributed by atoms with E-state index in [1.165, 1.54) is 5.56 Å². The topological polar surface area (TPSA) is 29.1 Å². The fourth-order valence-corrected chi connectivity index (χ4v) is 3.02. The molecule has 0 fully saturated rings. The van der Waals surface area contributed by atoms with Gasteiger partial charge in [0.05, 0.1) is 0 Å². The molecule has 112 valence electrons. The van der Waals surface area contributed by atoms with Crippen molar-refractivity contribution in [3.05, 3.63) is 76.9 Å². The lowest BCUT2D eigenvalue weighted by molar-refractivity contribution is 0.104. The maximum Gasteiger partial charge on any atom is 0.187 e. The van der Waals surface area contributed by atoms with Crippen LogP contribution in [0, 0.1) is 6.92 Å². The average Bonchev–Trinajstić information content (AvgIpc) is 2.46. The molecule has 1 aliphatic heterocycles. The second kappa shape index (κ2) is 5.45. The van der Waals surface area contributed by atoms with Gasteiger partial charge in [-0.3, -0.25) is 4.79 Å². The standard InChI is InChI=1S/C20H21NO/c1-14-7-6-9-15(11-14)19(22)12-18-17-10-5-4-8-16(17)13-20(2,3)21-18/h4-12,21H,13H2,1-3H3. The normalized spacial score (nSPS) is 17.7. The minimum absolute atomic E-state index is 0.0405. The van der Waals surface area contributed by atoms with Crippen molar-refractivity contribution < 1.29 is 4.79 Å². The van der Waals surface area contributed by atoms with Gasteiger partial charge in [-0.25, -0.2) is 0 Å². The molecule has 0 aromatic heterocycles. The summed E-state index contributed by atoms with van der Waals surface area (Å²) in [6.07, 6.45) is 2.69. The molecule has 1 N–H and O–H groups in total. The predicted molar refractivity (Wildman–Crippen MR) is 90.8 cm³/mol. The second-order valence-electron chi connectivity index (χ2n) is 6.63. The summed E-state index contributed by atoms with van der Waals surface area (Å²) in [7, 11) is 0. The first-order valence-electron chi connectivity index (χ1n) is 7.64. The minimum Gasteiger partial charge on any atom is -0.379 e. The van der Waals surface area contributed by atoms with Gasteiger partial charge in [0, 0.05) is 28.4 Å². The van der Waals surface area contributed by atoms with Gasteiger partial charge in [0.2, 0.25) is 0 Å². The van der Waals surface area contributed by atoms with E-state index in [1.807, 2.05) is 37.3 Å². The molecule has 0 aliphatic carbocycles. The highest BCUT2D eigenvalue weighted by Crippen LogP contribution is 2.29. The second-order valence-corrected chi connectivity index (χ2v) is 6.63. The summed E-state index contributed by atoms with van der Waals surface area (Å²) in [5, 5.41) is 3.50. The van der Waals surface area contributed by atoms with Crippen molar-refractivity contribution in [2.75, 3.05) is 0 Å². The van der Waals surface area contributed by atoms with Crippen LogP contribution in [0.2, 0.25) is 0 Å². The Kier molecular flexibility index (Phi) is 3.61. The van der Waals surface area contributed by atoms with Crippen molar-refractivity contribution in [3.63, 3.8) is 0 Å². The third kappa shape index (κ3) is 2.96. The minimum atomic E-state index is -0.0485. The molecule has 0 amide bonds. The number of aryl methyl sites for hydroxylation is 1. The summed E-state index contributed by atoms with van der Waals surface area (Å²) in [6, 6.07) is 16.0. The van der Waals surface area contributed by atoms with Crippen molar-refractivity contribution in [1.29, 1.82) is 0 Å². The molecule has 2 aromatic carbocycles. The third-order valence-corrected chi connectivity index (χ3v) is 3.99. The highest BCUT2D eigenvalue weighted by molar-refractivity contribution is 6.08. The Morgan fingerprint density at radius 2 is 1.91 bits per heavy atom. The first-order chi connectivity index (χ1) is 10.4. The molecule has 22 heavy (non-hydrogen) atoms. The van der Waals surface area contributed by atoms with E-state index in [4.69, 9.17) is 0 Å². The van der Waals surface area contributed by atoms with Crippen LogP contribution in [0.5, 0.6) is 0 Å². The van der Waals surface area contributed by atoms with Gasteiger partial charge in [0.15, 0.2) is 5.78 Å². The maximum absolute atomic E-state index is 12.6. The van der Waals surface area contributed by atoms with Gasteiger partial charge in [0.1, 0.15) is 0 Å². The molecule has 0 atom stereocenters.